The van der Waals surface area contributed by atoms with Crippen molar-refractivity contribution in [3.63, 3.8) is 0 Å². The van der Waals surface area contributed by atoms with Gasteiger partial charge in [-0.25, -0.2) is 0 Å². The molecule has 1 N–H and O–H groups in total. The van der Waals surface area contributed by atoms with E-state index in [1.54, 1.807) is 12.4 Å². The van der Waals surface area contributed by atoms with Gasteiger partial charge in [0.2, 0.25) is 0 Å². The lowest BCUT2D eigenvalue weighted by molar-refractivity contribution is 0.0943. The van der Waals surface area contributed by atoms with E-state index in [4.69, 9.17) is 4.74 Å². The molecule has 0 radical (unpaired) electrons. The minimum atomic E-state index is -0.117. The van der Waals surface area contributed by atoms with Crippen LogP contribution in [0.2, 0.25) is 0 Å². The molecule has 0 fully saturated rings. The first-order valence-electron chi connectivity index (χ1n) is 8.21. The van der Waals surface area contributed by atoms with Crippen molar-refractivity contribution >= 4 is 5.91 Å². The molecule has 0 unspecified atom stereocenters. The molecule has 4 heteroatoms. The molecular formula is C21H20N2O2. The van der Waals surface area contributed by atoms with Gasteiger partial charge in [-0.15, -0.1) is 0 Å². The first kappa shape index (κ1) is 16.7. The van der Waals surface area contributed by atoms with Crippen molar-refractivity contribution in [3.8, 4) is 22.6 Å². The van der Waals surface area contributed by atoms with Crippen molar-refractivity contribution in [2.45, 2.75) is 19.9 Å². The van der Waals surface area contributed by atoms with Crippen molar-refractivity contribution in [2.24, 2.45) is 0 Å². The normalized spacial score (nSPS) is 10.5. The van der Waals surface area contributed by atoms with Crippen molar-refractivity contribution < 1.29 is 9.53 Å². The third kappa shape index (κ3) is 4.44. The smallest absolute Gasteiger partial charge is 0.253 e. The van der Waals surface area contributed by atoms with E-state index in [-0.39, 0.29) is 11.9 Å². The zero-order valence-corrected chi connectivity index (χ0v) is 14.3. The van der Waals surface area contributed by atoms with Crippen LogP contribution in [0.5, 0.6) is 11.5 Å². The van der Waals surface area contributed by atoms with Crippen LogP contribution in [0.15, 0.2) is 73.1 Å². The minimum absolute atomic E-state index is 0.0885. The van der Waals surface area contributed by atoms with Crippen LogP contribution in [0.4, 0.5) is 0 Å². The first-order chi connectivity index (χ1) is 12.1. The van der Waals surface area contributed by atoms with Crippen LogP contribution in [0.1, 0.15) is 24.2 Å². The Labute approximate surface area is 147 Å². The molecule has 0 spiro atoms. The summed E-state index contributed by atoms with van der Waals surface area (Å²) in [6.45, 7) is 3.86. The number of nitrogens with zero attached hydrogens (tertiary/aromatic N) is 1. The molecule has 1 aromatic heterocycles. The monoisotopic (exact) mass is 332 g/mol. The van der Waals surface area contributed by atoms with Crippen LogP contribution >= 0.6 is 0 Å². The molecule has 4 nitrogen and oxygen atoms in total. The van der Waals surface area contributed by atoms with E-state index in [9.17, 15) is 4.79 Å². The number of ether oxygens (including phenoxy) is 1. The number of pyridine rings is 1. The summed E-state index contributed by atoms with van der Waals surface area (Å²) in [5.41, 5.74) is 2.42. The number of nitrogens with one attached hydrogen (secondary N) is 1. The first-order valence-corrected chi connectivity index (χ1v) is 8.21. The van der Waals surface area contributed by atoms with Gasteiger partial charge in [-0.05, 0) is 49.7 Å². The molecule has 0 saturated heterocycles. The number of para-hydroxylation sites is 1. The van der Waals surface area contributed by atoms with Gasteiger partial charge < -0.3 is 10.1 Å². The standard InChI is InChI=1S/C21H20N2O2/c1-15(2)23-21(24)18-12-17(13-22-14-18)16-8-10-20(11-9-16)25-19-6-4-3-5-7-19/h3-15H,1-2H3,(H,23,24). The fraction of sp³-hybridized carbons (Fsp3) is 0.143. The summed E-state index contributed by atoms with van der Waals surface area (Å²) in [5.74, 6) is 1.44. The molecule has 0 bridgehead atoms. The van der Waals surface area contributed by atoms with Gasteiger partial charge in [0.1, 0.15) is 11.5 Å². The number of carbonyl (C=O) groups excluding carboxylic acids is 1. The number of hydrogen-bond donors (Lipinski definition) is 1. The van der Waals surface area contributed by atoms with Crippen LogP contribution in [0.3, 0.4) is 0 Å². The summed E-state index contributed by atoms with van der Waals surface area (Å²) in [4.78, 5) is 16.3. The fourth-order valence-electron chi connectivity index (χ4n) is 2.41. The zero-order valence-electron chi connectivity index (χ0n) is 14.3. The number of hydrogen-bond acceptors (Lipinski definition) is 3. The lowest BCUT2D eigenvalue weighted by Crippen LogP contribution is -2.30. The number of carbonyl (C=O) groups is 1. The van der Waals surface area contributed by atoms with Gasteiger partial charge >= 0.3 is 0 Å². The molecule has 3 aromatic rings. The molecule has 1 heterocycles. The summed E-state index contributed by atoms with van der Waals surface area (Å²) in [6.07, 6.45) is 3.33. The summed E-state index contributed by atoms with van der Waals surface area (Å²) in [7, 11) is 0. The minimum Gasteiger partial charge on any atom is -0.457 e. The predicted octanol–water partition coefficient (Wildman–Crippen LogP) is 4.68. The zero-order chi connectivity index (χ0) is 17.6. The Hall–Kier alpha value is -3.14. The second-order valence-corrected chi connectivity index (χ2v) is 6.03. The highest BCUT2D eigenvalue weighted by atomic mass is 16.5. The fourth-order valence-corrected chi connectivity index (χ4v) is 2.41. The van der Waals surface area contributed by atoms with Crippen molar-refractivity contribution in [2.75, 3.05) is 0 Å². The highest BCUT2D eigenvalue weighted by Gasteiger charge is 2.09. The lowest BCUT2D eigenvalue weighted by atomic mass is 10.1. The summed E-state index contributed by atoms with van der Waals surface area (Å²) in [5, 5.41) is 2.88. The third-order valence-corrected chi connectivity index (χ3v) is 3.59. The summed E-state index contributed by atoms with van der Waals surface area (Å²) in [6, 6.07) is 19.3. The molecule has 25 heavy (non-hydrogen) atoms. The van der Waals surface area contributed by atoms with E-state index in [0.29, 0.717) is 5.56 Å². The van der Waals surface area contributed by atoms with E-state index in [1.165, 1.54) is 0 Å². The molecule has 2 aromatic carbocycles. The Morgan fingerprint density at radius 3 is 2.28 bits per heavy atom. The van der Waals surface area contributed by atoms with E-state index >= 15 is 0 Å². The van der Waals surface area contributed by atoms with Crippen LogP contribution in [0.25, 0.3) is 11.1 Å². The van der Waals surface area contributed by atoms with E-state index in [1.807, 2.05) is 74.5 Å². The van der Waals surface area contributed by atoms with Crippen LogP contribution in [-0.4, -0.2) is 16.9 Å². The van der Waals surface area contributed by atoms with Gasteiger partial charge in [0.25, 0.3) is 5.91 Å². The van der Waals surface area contributed by atoms with Gasteiger partial charge in [-0.3, -0.25) is 9.78 Å². The Morgan fingerprint density at radius 2 is 1.60 bits per heavy atom. The van der Waals surface area contributed by atoms with Gasteiger partial charge in [0.15, 0.2) is 0 Å². The summed E-state index contributed by atoms with van der Waals surface area (Å²) < 4.78 is 5.80. The van der Waals surface area contributed by atoms with Crippen LogP contribution in [-0.2, 0) is 0 Å². The molecule has 0 atom stereocenters. The van der Waals surface area contributed by atoms with E-state index in [0.717, 1.165) is 22.6 Å². The molecule has 126 valence electrons. The molecule has 0 aliphatic rings. The maximum Gasteiger partial charge on any atom is 0.253 e. The van der Waals surface area contributed by atoms with Gasteiger partial charge in [-0.2, -0.15) is 0 Å². The maximum absolute atomic E-state index is 12.1. The topological polar surface area (TPSA) is 51.2 Å². The molecule has 0 aliphatic heterocycles. The van der Waals surface area contributed by atoms with Gasteiger partial charge in [0.05, 0.1) is 5.56 Å². The molecule has 3 rings (SSSR count). The van der Waals surface area contributed by atoms with Crippen LogP contribution in [0, 0.1) is 0 Å². The lowest BCUT2D eigenvalue weighted by Gasteiger charge is -2.10. The van der Waals surface area contributed by atoms with Crippen molar-refractivity contribution in [3.05, 3.63) is 78.6 Å². The number of rotatable bonds is 5. The van der Waals surface area contributed by atoms with Crippen LogP contribution < -0.4 is 10.1 Å². The second kappa shape index (κ2) is 7.62. The average Bonchev–Trinajstić information content (AvgIpc) is 2.63. The van der Waals surface area contributed by atoms with Gasteiger partial charge in [0, 0.05) is 24.0 Å². The Kier molecular flexibility index (Phi) is 5.09. The SMILES string of the molecule is CC(C)NC(=O)c1cncc(-c2ccc(Oc3ccccc3)cc2)c1. The third-order valence-electron chi connectivity index (χ3n) is 3.59. The largest absolute Gasteiger partial charge is 0.457 e. The Balaban J connectivity index is 1.77. The number of amides is 1. The van der Waals surface area contributed by atoms with Crippen molar-refractivity contribution in [1.29, 1.82) is 0 Å². The second-order valence-electron chi connectivity index (χ2n) is 6.03. The Bertz CT molecular complexity index is 843. The molecule has 1 amide bonds. The number of benzene rings is 2. The summed E-state index contributed by atoms with van der Waals surface area (Å²) >= 11 is 0. The van der Waals surface area contributed by atoms with E-state index < -0.39 is 0 Å². The maximum atomic E-state index is 12.1. The number of aromatic nitrogens is 1. The van der Waals surface area contributed by atoms with Crippen molar-refractivity contribution in [1.82, 2.24) is 10.3 Å². The highest BCUT2D eigenvalue weighted by Crippen LogP contribution is 2.25. The average molecular weight is 332 g/mol. The molecule has 0 aliphatic carbocycles. The Morgan fingerprint density at radius 1 is 0.920 bits per heavy atom. The van der Waals surface area contributed by atoms with E-state index in [2.05, 4.69) is 10.3 Å². The molecular weight excluding hydrogens is 312 g/mol. The molecule has 0 saturated carbocycles. The predicted molar refractivity (Wildman–Crippen MR) is 98.8 cm³/mol. The highest BCUT2D eigenvalue weighted by molar-refractivity contribution is 5.95. The quantitative estimate of drug-likeness (QED) is 0.738. The van der Waals surface area contributed by atoms with Gasteiger partial charge in [-0.1, -0.05) is 30.3 Å².